The number of piperidine rings is 1. The Kier molecular flexibility index (Phi) is 4.72. The van der Waals surface area contributed by atoms with Gasteiger partial charge in [0.2, 0.25) is 5.95 Å². The highest BCUT2D eigenvalue weighted by Gasteiger charge is 2.30. The van der Waals surface area contributed by atoms with Crippen LogP contribution in [0.4, 0.5) is 11.6 Å². The lowest BCUT2D eigenvalue weighted by Crippen LogP contribution is -2.39. The van der Waals surface area contributed by atoms with E-state index in [1.807, 2.05) is 6.07 Å². The molecule has 1 saturated carbocycles. The van der Waals surface area contributed by atoms with Crippen LogP contribution in [-0.4, -0.2) is 33.6 Å². The highest BCUT2D eigenvalue weighted by molar-refractivity contribution is 9.13. The van der Waals surface area contributed by atoms with Gasteiger partial charge in [-0.1, -0.05) is 0 Å². The van der Waals surface area contributed by atoms with E-state index in [2.05, 4.69) is 52.0 Å². The Labute approximate surface area is 162 Å². The van der Waals surface area contributed by atoms with E-state index in [9.17, 15) is 10.1 Å². The van der Waals surface area contributed by atoms with Crippen LogP contribution >= 0.6 is 31.9 Å². The Hall–Kier alpha value is -1.19. The van der Waals surface area contributed by atoms with Gasteiger partial charge < -0.3 is 15.2 Å². The lowest BCUT2D eigenvalue weighted by atomic mass is 10.1. The van der Waals surface area contributed by atoms with Crippen LogP contribution in [0, 0.1) is 16.0 Å². The summed E-state index contributed by atoms with van der Waals surface area (Å²) in [5, 5.41) is 18.5. The van der Waals surface area contributed by atoms with Crippen molar-refractivity contribution >= 4 is 54.5 Å². The summed E-state index contributed by atoms with van der Waals surface area (Å²) in [7, 11) is 0. The molecule has 0 bridgehead atoms. The molecule has 1 atom stereocenters. The maximum absolute atomic E-state index is 11.6. The number of nitro groups is 1. The molecule has 1 aliphatic heterocycles. The van der Waals surface area contributed by atoms with Crippen molar-refractivity contribution in [2.75, 3.05) is 18.4 Å². The molecular weight excluding hydrogens is 454 g/mol. The number of hydrogen-bond acceptors (Lipinski definition) is 5. The summed E-state index contributed by atoms with van der Waals surface area (Å²) in [5.74, 6) is 1.38. The van der Waals surface area contributed by atoms with E-state index >= 15 is 0 Å². The fourth-order valence-electron chi connectivity index (χ4n) is 3.36. The normalized spacial score (nSPS) is 20.8. The minimum absolute atomic E-state index is 0.0174. The Morgan fingerprint density at radius 2 is 2.20 bits per heavy atom. The van der Waals surface area contributed by atoms with Gasteiger partial charge in [-0.2, -0.15) is 0 Å². The molecule has 7 nitrogen and oxygen atoms in total. The fourth-order valence-corrected chi connectivity index (χ4v) is 4.22. The monoisotopic (exact) mass is 471 g/mol. The number of rotatable bonds is 5. The predicted molar refractivity (Wildman–Crippen MR) is 104 cm³/mol. The predicted octanol–water partition coefficient (Wildman–Crippen LogP) is 4.04. The zero-order chi connectivity index (χ0) is 17.6. The van der Waals surface area contributed by atoms with Crippen LogP contribution < -0.4 is 10.6 Å². The third-order valence-corrected chi connectivity index (χ3v) is 6.82. The minimum Gasteiger partial charge on any atom is -0.352 e. The summed E-state index contributed by atoms with van der Waals surface area (Å²) < 4.78 is 3.23. The third-order valence-electron chi connectivity index (χ3n) is 4.86. The molecular formula is C16H19Br2N5O2. The van der Waals surface area contributed by atoms with Crippen LogP contribution in [-0.2, 0) is 6.54 Å². The molecule has 25 heavy (non-hydrogen) atoms. The summed E-state index contributed by atoms with van der Waals surface area (Å²) in [6, 6.07) is 2.22. The van der Waals surface area contributed by atoms with Crippen LogP contribution in [0.3, 0.4) is 0 Å². The van der Waals surface area contributed by atoms with Gasteiger partial charge in [0.15, 0.2) is 5.52 Å². The number of nitrogens with zero attached hydrogens (tertiary/aromatic N) is 3. The first-order chi connectivity index (χ1) is 12.0. The molecule has 1 aliphatic carbocycles. The fraction of sp³-hybridized carbons (Fsp3) is 0.562. The Morgan fingerprint density at radius 3 is 2.84 bits per heavy atom. The SMILES string of the molecule is O=[N+]([O-])c1c(Br)c(Br)cc2c1nc(NC1CCCNC1)n2CC1CC1. The van der Waals surface area contributed by atoms with Crippen molar-refractivity contribution in [3.05, 3.63) is 25.1 Å². The second-order valence-electron chi connectivity index (χ2n) is 6.82. The number of halogens is 2. The molecule has 2 aromatic rings. The van der Waals surface area contributed by atoms with Crippen LogP contribution in [0.15, 0.2) is 15.0 Å². The number of aromatic nitrogens is 2. The van der Waals surface area contributed by atoms with Gasteiger partial charge in [0.25, 0.3) is 0 Å². The molecule has 2 fully saturated rings. The molecule has 134 valence electrons. The van der Waals surface area contributed by atoms with Gasteiger partial charge in [-0.3, -0.25) is 10.1 Å². The standard InChI is InChI=1S/C16H19Br2N5O2/c17-11-6-12-14(15(13(11)18)23(24)25)21-16(22(12)8-9-3-4-9)20-10-2-1-5-19-7-10/h6,9-10,19H,1-5,7-8H2,(H,20,21). The highest BCUT2D eigenvalue weighted by atomic mass is 79.9. The average molecular weight is 473 g/mol. The van der Waals surface area contributed by atoms with Crippen molar-refractivity contribution in [1.82, 2.24) is 14.9 Å². The molecule has 0 spiro atoms. The van der Waals surface area contributed by atoms with Gasteiger partial charge in [-0.05, 0) is 76.1 Å². The van der Waals surface area contributed by atoms with Gasteiger partial charge in [-0.15, -0.1) is 0 Å². The molecule has 1 saturated heterocycles. The molecule has 2 N–H and O–H groups in total. The lowest BCUT2D eigenvalue weighted by molar-refractivity contribution is -0.384. The highest BCUT2D eigenvalue weighted by Crippen LogP contribution is 2.41. The summed E-state index contributed by atoms with van der Waals surface area (Å²) in [6.45, 7) is 2.79. The van der Waals surface area contributed by atoms with Crippen molar-refractivity contribution in [1.29, 1.82) is 0 Å². The Morgan fingerprint density at radius 1 is 1.40 bits per heavy atom. The van der Waals surface area contributed by atoms with Gasteiger partial charge in [0.1, 0.15) is 4.47 Å². The van der Waals surface area contributed by atoms with Gasteiger partial charge >= 0.3 is 5.69 Å². The zero-order valence-corrected chi connectivity index (χ0v) is 16.8. The number of hydrogen-bond donors (Lipinski definition) is 2. The molecule has 9 heteroatoms. The quantitative estimate of drug-likeness (QED) is 0.506. The number of nitro benzene ring substituents is 1. The number of fused-ring (bicyclic) bond motifs is 1. The van der Waals surface area contributed by atoms with E-state index in [0.29, 0.717) is 26.4 Å². The van der Waals surface area contributed by atoms with Crippen molar-refractivity contribution in [3.63, 3.8) is 0 Å². The molecule has 1 aromatic carbocycles. The van der Waals surface area contributed by atoms with Crippen molar-refractivity contribution in [2.45, 2.75) is 38.3 Å². The van der Waals surface area contributed by atoms with Gasteiger partial charge in [-0.25, -0.2) is 4.98 Å². The maximum atomic E-state index is 11.6. The van der Waals surface area contributed by atoms with E-state index in [0.717, 1.165) is 43.9 Å². The first kappa shape index (κ1) is 17.2. The second kappa shape index (κ2) is 6.85. The maximum Gasteiger partial charge on any atom is 0.312 e. The first-order valence-electron chi connectivity index (χ1n) is 8.54. The molecule has 0 radical (unpaired) electrons. The zero-order valence-electron chi connectivity index (χ0n) is 13.6. The first-order valence-corrected chi connectivity index (χ1v) is 10.1. The summed E-state index contributed by atoms with van der Waals surface area (Å²) >= 11 is 6.77. The molecule has 2 heterocycles. The lowest BCUT2D eigenvalue weighted by Gasteiger charge is -2.24. The van der Waals surface area contributed by atoms with Crippen molar-refractivity contribution in [2.24, 2.45) is 5.92 Å². The van der Waals surface area contributed by atoms with Crippen LogP contribution in [0.25, 0.3) is 11.0 Å². The molecule has 1 aromatic heterocycles. The number of anilines is 1. The van der Waals surface area contributed by atoms with E-state index in [1.54, 1.807) is 0 Å². The Balaban J connectivity index is 1.82. The minimum atomic E-state index is -0.364. The third kappa shape index (κ3) is 3.41. The van der Waals surface area contributed by atoms with E-state index in [-0.39, 0.29) is 10.6 Å². The molecule has 2 aliphatic rings. The second-order valence-corrected chi connectivity index (χ2v) is 8.47. The van der Waals surface area contributed by atoms with Gasteiger partial charge in [0.05, 0.1) is 10.4 Å². The summed E-state index contributed by atoms with van der Waals surface area (Å²) in [4.78, 5) is 15.9. The van der Waals surface area contributed by atoms with Crippen molar-refractivity contribution < 1.29 is 4.92 Å². The van der Waals surface area contributed by atoms with Crippen molar-refractivity contribution in [3.8, 4) is 0 Å². The summed E-state index contributed by atoms with van der Waals surface area (Å²) in [6.07, 6.45) is 4.63. The van der Waals surface area contributed by atoms with Gasteiger partial charge in [0, 0.05) is 23.6 Å². The van der Waals surface area contributed by atoms with E-state index < -0.39 is 0 Å². The average Bonchev–Trinajstić information content (AvgIpc) is 3.34. The topological polar surface area (TPSA) is 85.0 Å². The van der Waals surface area contributed by atoms with Crippen LogP contribution in [0.5, 0.6) is 0 Å². The van der Waals surface area contributed by atoms with Crippen LogP contribution in [0.1, 0.15) is 25.7 Å². The molecule has 4 rings (SSSR count). The Bertz CT molecular complexity index is 828. The number of benzene rings is 1. The molecule has 0 amide bonds. The van der Waals surface area contributed by atoms with E-state index in [4.69, 9.17) is 0 Å². The van der Waals surface area contributed by atoms with Crippen LogP contribution in [0.2, 0.25) is 0 Å². The smallest absolute Gasteiger partial charge is 0.312 e. The number of nitrogens with one attached hydrogen (secondary N) is 2. The summed E-state index contributed by atoms with van der Waals surface area (Å²) in [5.41, 5.74) is 1.26. The largest absolute Gasteiger partial charge is 0.352 e. The van der Waals surface area contributed by atoms with E-state index in [1.165, 1.54) is 12.8 Å². The number of imidazole rings is 1. The molecule has 1 unspecified atom stereocenters.